The van der Waals surface area contributed by atoms with Crippen LogP contribution in [0.1, 0.15) is 23.6 Å². The Kier molecular flexibility index (Phi) is 5.02. The minimum atomic E-state index is 0.951. The quantitative estimate of drug-likeness (QED) is 0.243. The van der Waals surface area contributed by atoms with E-state index in [1.54, 1.807) is 0 Å². The molecule has 30 heavy (non-hydrogen) atoms. The van der Waals surface area contributed by atoms with E-state index in [1.807, 2.05) is 0 Å². The van der Waals surface area contributed by atoms with Gasteiger partial charge in [0.15, 0.2) is 0 Å². The van der Waals surface area contributed by atoms with Crippen LogP contribution in [0.4, 0.5) is 0 Å². The maximum Gasteiger partial charge on any atom is 0.0492 e. The van der Waals surface area contributed by atoms with Crippen molar-refractivity contribution in [3.8, 4) is 0 Å². The maximum absolute atomic E-state index is 3.66. The summed E-state index contributed by atoms with van der Waals surface area (Å²) in [4.78, 5) is 0. The van der Waals surface area contributed by atoms with Crippen molar-refractivity contribution in [2.45, 2.75) is 13.5 Å². The van der Waals surface area contributed by atoms with Gasteiger partial charge in [-0.3, -0.25) is 0 Å². The predicted molar refractivity (Wildman–Crippen MR) is 133 cm³/mol. The van der Waals surface area contributed by atoms with E-state index in [0.717, 1.165) is 11.0 Å². The molecule has 0 radical (unpaired) electrons. The van der Waals surface area contributed by atoms with Crippen LogP contribution in [0.5, 0.6) is 0 Å². The van der Waals surface area contributed by atoms with Crippen molar-refractivity contribution in [1.82, 2.24) is 4.57 Å². The Morgan fingerprint density at radius 1 is 0.733 bits per heavy atom. The number of halogens is 1. The molecule has 5 rings (SSSR count). The molecule has 0 unspecified atom stereocenters. The third-order valence-corrected chi connectivity index (χ3v) is 6.14. The van der Waals surface area contributed by atoms with Crippen LogP contribution >= 0.6 is 15.9 Å². The molecule has 146 valence electrons. The normalized spacial score (nSPS) is 12.0. The van der Waals surface area contributed by atoms with Gasteiger partial charge in [-0.25, -0.2) is 0 Å². The van der Waals surface area contributed by atoms with Gasteiger partial charge in [-0.1, -0.05) is 82.7 Å². The Balaban J connectivity index is 1.78. The average molecular weight is 452 g/mol. The summed E-state index contributed by atoms with van der Waals surface area (Å²) in [5.41, 5.74) is 7.45. The van der Waals surface area contributed by atoms with Crippen molar-refractivity contribution in [3.05, 3.63) is 118 Å². The molecule has 0 saturated heterocycles. The first-order chi connectivity index (χ1) is 14.7. The third kappa shape index (κ3) is 3.38. The van der Waals surface area contributed by atoms with E-state index in [1.165, 1.54) is 44.1 Å². The molecule has 0 bridgehead atoms. The molecule has 0 amide bonds. The topological polar surface area (TPSA) is 4.93 Å². The molecule has 4 aromatic carbocycles. The van der Waals surface area contributed by atoms with Crippen LogP contribution in [0.3, 0.4) is 0 Å². The summed E-state index contributed by atoms with van der Waals surface area (Å²) < 4.78 is 3.50. The molecule has 0 saturated carbocycles. The van der Waals surface area contributed by atoms with Gasteiger partial charge in [0.2, 0.25) is 0 Å². The Morgan fingerprint density at radius 2 is 1.37 bits per heavy atom. The van der Waals surface area contributed by atoms with Gasteiger partial charge in [0.05, 0.1) is 0 Å². The summed E-state index contributed by atoms with van der Waals surface area (Å²) in [7, 11) is 0. The Labute approximate surface area is 185 Å². The van der Waals surface area contributed by atoms with Gasteiger partial charge < -0.3 is 4.57 Å². The molecular weight excluding hydrogens is 430 g/mol. The van der Waals surface area contributed by atoms with Crippen molar-refractivity contribution in [2.24, 2.45) is 0 Å². The highest BCUT2D eigenvalue weighted by Gasteiger charge is 2.13. The fraction of sp³-hybridized carbons (Fsp3) is 0.0714. The van der Waals surface area contributed by atoms with Gasteiger partial charge in [0.25, 0.3) is 0 Å². The highest BCUT2D eigenvalue weighted by Crippen LogP contribution is 2.35. The predicted octanol–water partition coefficient (Wildman–Crippen LogP) is 8.17. The second-order valence-electron chi connectivity index (χ2n) is 7.47. The molecule has 0 N–H and O–H groups in total. The zero-order chi connectivity index (χ0) is 20.5. The number of hydrogen-bond acceptors (Lipinski definition) is 0. The molecule has 0 aliphatic rings. The van der Waals surface area contributed by atoms with E-state index < -0.39 is 0 Å². The van der Waals surface area contributed by atoms with E-state index in [2.05, 4.69) is 131 Å². The molecule has 1 heterocycles. The fourth-order valence-electron chi connectivity index (χ4n) is 4.25. The first kappa shape index (κ1) is 18.9. The highest BCUT2D eigenvalue weighted by atomic mass is 79.9. The van der Waals surface area contributed by atoms with Crippen LogP contribution in [0.25, 0.3) is 33.5 Å². The van der Waals surface area contributed by atoms with Crippen molar-refractivity contribution in [2.75, 3.05) is 0 Å². The van der Waals surface area contributed by atoms with Gasteiger partial charge in [0.1, 0.15) is 0 Å². The first-order valence-electron chi connectivity index (χ1n) is 10.3. The number of rotatable bonds is 4. The van der Waals surface area contributed by atoms with Gasteiger partial charge in [-0.15, -0.1) is 0 Å². The number of fused-ring (bicyclic) bond motifs is 3. The lowest BCUT2D eigenvalue weighted by molar-refractivity contribution is 0.827. The molecule has 1 aromatic heterocycles. The average Bonchev–Trinajstić information content (AvgIpc) is 3.11. The van der Waals surface area contributed by atoms with Crippen LogP contribution in [0.15, 0.2) is 102 Å². The summed E-state index contributed by atoms with van der Waals surface area (Å²) in [5.74, 6) is 0. The van der Waals surface area contributed by atoms with Crippen molar-refractivity contribution in [1.29, 1.82) is 0 Å². The molecule has 0 aliphatic carbocycles. The lowest BCUT2D eigenvalue weighted by Crippen LogP contribution is -1.93. The van der Waals surface area contributed by atoms with Crippen LogP contribution in [-0.4, -0.2) is 4.57 Å². The summed E-state index contributed by atoms with van der Waals surface area (Å²) in [6, 6.07) is 34.6. The Bertz CT molecular complexity index is 1360. The maximum atomic E-state index is 3.66. The lowest BCUT2D eigenvalue weighted by atomic mass is 9.94. The van der Waals surface area contributed by atoms with Gasteiger partial charge >= 0.3 is 0 Å². The number of benzene rings is 4. The van der Waals surface area contributed by atoms with E-state index in [9.17, 15) is 0 Å². The molecule has 2 heteroatoms. The standard InChI is InChI=1S/C28H22BrN/c1-2-30-27-15-13-22(18-25(27)26-19-23(29)14-16-28(26)30)24(21-11-7-4-8-12-21)17-20-9-5-3-6-10-20/h3-19H,2H2,1H3. The molecule has 0 fully saturated rings. The van der Waals surface area contributed by atoms with Crippen LogP contribution in [-0.2, 0) is 6.54 Å². The number of aryl methyl sites for hydroxylation is 1. The van der Waals surface area contributed by atoms with E-state index in [-0.39, 0.29) is 0 Å². The highest BCUT2D eigenvalue weighted by molar-refractivity contribution is 9.10. The number of aromatic nitrogens is 1. The van der Waals surface area contributed by atoms with Crippen LogP contribution in [0.2, 0.25) is 0 Å². The molecule has 5 aromatic rings. The van der Waals surface area contributed by atoms with E-state index >= 15 is 0 Å². The zero-order valence-electron chi connectivity index (χ0n) is 16.8. The van der Waals surface area contributed by atoms with E-state index in [4.69, 9.17) is 0 Å². The first-order valence-corrected chi connectivity index (χ1v) is 11.1. The molecular formula is C28H22BrN. The second kappa shape index (κ2) is 7.97. The van der Waals surface area contributed by atoms with Crippen LogP contribution < -0.4 is 0 Å². The molecule has 0 atom stereocenters. The SMILES string of the molecule is CCn1c2ccc(Br)cc2c2cc(C(=Cc3ccccc3)c3ccccc3)ccc21. The second-order valence-corrected chi connectivity index (χ2v) is 8.39. The number of nitrogens with zero attached hydrogens (tertiary/aromatic N) is 1. The zero-order valence-corrected chi connectivity index (χ0v) is 18.4. The minimum absolute atomic E-state index is 0.951. The van der Waals surface area contributed by atoms with Crippen molar-refractivity contribution >= 4 is 49.4 Å². The summed E-state index contributed by atoms with van der Waals surface area (Å²) in [5, 5.41) is 2.58. The Morgan fingerprint density at radius 3 is 2.07 bits per heavy atom. The summed E-state index contributed by atoms with van der Waals surface area (Å²) in [6.07, 6.45) is 2.28. The van der Waals surface area contributed by atoms with Crippen molar-refractivity contribution < 1.29 is 0 Å². The smallest absolute Gasteiger partial charge is 0.0492 e. The van der Waals surface area contributed by atoms with Gasteiger partial charge in [0, 0.05) is 32.8 Å². The Hall–Kier alpha value is -3.10. The lowest BCUT2D eigenvalue weighted by Gasteiger charge is -2.10. The van der Waals surface area contributed by atoms with E-state index in [0.29, 0.717) is 0 Å². The van der Waals surface area contributed by atoms with Gasteiger partial charge in [-0.2, -0.15) is 0 Å². The molecule has 0 spiro atoms. The van der Waals surface area contributed by atoms with Crippen LogP contribution in [0, 0.1) is 0 Å². The minimum Gasteiger partial charge on any atom is -0.341 e. The number of hydrogen-bond donors (Lipinski definition) is 0. The van der Waals surface area contributed by atoms with Gasteiger partial charge in [-0.05, 0) is 65.6 Å². The van der Waals surface area contributed by atoms with Crippen molar-refractivity contribution in [3.63, 3.8) is 0 Å². The molecule has 1 nitrogen and oxygen atoms in total. The largest absolute Gasteiger partial charge is 0.341 e. The summed E-state index contributed by atoms with van der Waals surface area (Å²) in [6.45, 7) is 3.16. The fourth-order valence-corrected chi connectivity index (χ4v) is 4.61. The monoisotopic (exact) mass is 451 g/mol. The summed E-state index contributed by atoms with van der Waals surface area (Å²) >= 11 is 3.66. The molecule has 0 aliphatic heterocycles. The third-order valence-electron chi connectivity index (χ3n) is 5.65.